The summed E-state index contributed by atoms with van der Waals surface area (Å²) in [6, 6.07) is 13.7. The number of benzene rings is 2. The minimum absolute atomic E-state index is 0.0533. The monoisotopic (exact) mass is 411 g/mol. The van der Waals surface area contributed by atoms with Gasteiger partial charge in [-0.3, -0.25) is 4.79 Å². The zero-order valence-electron chi connectivity index (χ0n) is 16.7. The van der Waals surface area contributed by atoms with Crippen LogP contribution < -0.4 is 9.47 Å². The molecule has 0 spiro atoms. The van der Waals surface area contributed by atoms with Crippen molar-refractivity contribution in [3.05, 3.63) is 53.0 Å². The van der Waals surface area contributed by atoms with Gasteiger partial charge in [-0.15, -0.1) is 11.3 Å². The average Bonchev–Trinajstić information content (AvgIpc) is 3.15. The van der Waals surface area contributed by atoms with Crippen LogP contribution in [0.5, 0.6) is 11.5 Å². The predicted molar refractivity (Wildman–Crippen MR) is 118 cm³/mol. The van der Waals surface area contributed by atoms with Gasteiger partial charge in [0.2, 0.25) is 0 Å². The molecule has 1 N–H and O–H groups in total. The van der Waals surface area contributed by atoms with Crippen LogP contribution in [0, 0.1) is 0 Å². The first-order valence-corrected chi connectivity index (χ1v) is 10.5. The summed E-state index contributed by atoms with van der Waals surface area (Å²) in [5.74, 6) is 0.553. The highest BCUT2D eigenvalue weighted by molar-refractivity contribution is 7.19. The normalized spacial score (nSPS) is 11.6. The summed E-state index contributed by atoms with van der Waals surface area (Å²) >= 11 is 1.58. The lowest BCUT2D eigenvalue weighted by atomic mass is 10.1. The topological polar surface area (TPSA) is 68.7 Å². The summed E-state index contributed by atoms with van der Waals surface area (Å²) in [6.07, 6.45) is 4.48. The third kappa shape index (κ3) is 5.57. The van der Waals surface area contributed by atoms with Crippen molar-refractivity contribution in [2.75, 3.05) is 13.7 Å². The molecule has 3 aromatic rings. The van der Waals surface area contributed by atoms with Gasteiger partial charge in [0, 0.05) is 6.42 Å². The lowest BCUT2D eigenvalue weighted by Crippen LogP contribution is -1.99. The fraction of sp³-hybridized carbons (Fsp3) is 0.304. The van der Waals surface area contributed by atoms with Gasteiger partial charge < -0.3 is 14.6 Å². The number of methoxy groups -OCH3 is 1. The molecule has 0 fully saturated rings. The molecular formula is C23H25NO4S. The minimum atomic E-state index is -0.824. The van der Waals surface area contributed by atoms with Gasteiger partial charge in [-0.25, -0.2) is 4.98 Å². The third-order valence-electron chi connectivity index (χ3n) is 4.46. The fourth-order valence-electron chi connectivity index (χ4n) is 2.92. The van der Waals surface area contributed by atoms with Crippen molar-refractivity contribution in [1.82, 2.24) is 4.98 Å². The maximum Gasteiger partial charge on any atom is 0.303 e. The summed E-state index contributed by atoms with van der Waals surface area (Å²) < 4.78 is 12.4. The Bertz CT molecular complexity index is 976. The number of hydrogen-bond acceptors (Lipinski definition) is 5. The number of hydrogen-bond donors (Lipinski definition) is 1. The molecule has 6 heteroatoms. The van der Waals surface area contributed by atoms with Crippen LogP contribution in [0.2, 0.25) is 0 Å². The van der Waals surface area contributed by atoms with Gasteiger partial charge in [0.25, 0.3) is 0 Å². The van der Waals surface area contributed by atoms with Crippen LogP contribution in [0.1, 0.15) is 43.2 Å². The second kappa shape index (κ2) is 10.1. The maximum absolute atomic E-state index is 11.2. The number of rotatable bonds is 10. The highest BCUT2D eigenvalue weighted by Gasteiger charge is 2.12. The lowest BCUT2D eigenvalue weighted by molar-refractivity contribution is -0.136. The number of carboxylic acids is 1. The van der Waals surface area contributed by atoms with Crippen LogP contribution in [-0.2, 0) is 4.79 Å². The van der Waals surface area contributed by atoms with Crippen molar-refractivity contribution in [2.24, 2.45) is 0 Å². The molecule has 2 aromatic carbocycles. The lowest BCUT2D eigenvalue weighted by Gasteiger charge is -2.11. The number of fused-ring (bicyclic) bond motifs is 1. The van der Waals surface area contributed by atoms with Crippen molar-refractivity contribution in [3.8, 4) is 11.5 Å². The predicted octanol–water partition coefficient (Wildman–Crippen LogP) is 5.89. The second-order valence-electron chi connectivity index (χ2n) is 6.66. The molecule has 0 atom stereocenters. The molecule has 152 valence electrons. The number of ether oxygens (including phenoxy) is 2. The fourth-order valence-corrected chi connectivity index (χ4v) is 3.92. The molecule has 1 aromatic heterocycles. The van der Waals surface area contributed by atoms with E-state index in [1.807, 2.05) is 48.5 Å². The van der Waals surface area contributed by atoms with E-state index < -0.39 is 5.97 Å². The number of aromatic nitrogens is 1. The third-order valence-corrected chi connectivity index (χ3v) is 5.57. The van der Waals surface area contributed by atoms with Crippen LogP contribution in [-0.4, -0.2) is 29.8 Å². The van der Waals surface area contributed by atoms with Gasteiger partial charge in [-0.1, -0.05) is 31.5 Å². The van der Waals surface area contributed by atoms with E-state index in [1.165, 1.54) is 0 Å². The minimum Gasteiger partial charge on any atom is -0.493 e. The Labute approximate surface area is 174 Å². The van der Waals surface area contributed by atoms with Gasteiger partial charge >= 0.3 is 5.97 Å². The number of unbranched alkanes of at least 4 members (excludes halogenated alkanes) is 1. The molecule has 0 aliphatic heterocycles. The largest absolute Gasteiger partial charge is 0.493 e. The molecule has 0 radical (unpaired) electrons. The Kier molecular flexibility index (Phi) is 7.25. The van der Waals surface area contributed by atoms with E-state index >= 15 is 0 Å². The first kappa shape index (κ1) is 20.9. The highest BCUT2D eigenvalue weighted by atomic mass is 32.1. The van der Waals surface area contributed by atoms with Crippen molar-refractivity contribution >= 4 is 39.2 Å². The van der Waals surface area contributed by atoms with E-state index in [0.717, 1.165) is 39.2 Å². The Balaban J connectivity index is 1.96. The van der Waals surface area contributed by atoms with Gasteiger partial charge in [0.15, 0.2) is 11.5 Å². The van der Waals surface area contributed by atoms with E-state index in [1.54, 1.807) is 18.4 Å². The number of carbonyl (C=O) groups is 1. The second-order valence-corrected chi connectivity index (χ2v) is 7.69. The zero-order valence-corrected chi connectivity index (χ0v) is 17.5. The summed E-state index contributed by atoms with van der Waals surface area (Å²) in [5.41, 5.74) is 2.75. The van der Waals surface area contributed by atoms with Crippen molar-refractivity contribution in [2.45, 2.75) is 32.6 Å². The molecule has 0 unspecified atom stereocenters. The quantitative estimate of drug-likeness (QED) is 0.421. The zero-order chi connectivity index (χ0) is 20.6. The molecule has 0 aliphatic rings. The Morgan fingerprint density at radius 2 is 2.00 bits per heavy atom. The SMILES string of the molecule is CCCCOc1cc(/C=C(\CCC(=O)O)c2nc3ccccc3s2)ccc1OC. The summed E-state index contributed by atoms with van der Waals surface area (Å²) in [4.78, 5) is 15.9. The number of para-hydroxylation sites is 1. The van der Waals surface area contributed by atoms with Gasteiger partial charge in [-0.05, 0) is 54.3 Å². The molecule has 29 heavy (non-hydrogen) atoms. The van der Waals surface area contributed by atoms with Crippen molar-refractivity contribution < 1.29 is 19.4 Å². The molecule has 0 saturated carbocycles. The van der Waals surface area contributed by atoms with Crippen LogP contribution >= 0.6 is 11.3 Å². The molecular weight excluding hydrogens is 386 g/mol. The first-order chi connectivity index (χ1) is 14.1. The van der Waals surface area contributed by atoms with Crippen LogP contribution in [0.25, 0.3) is 21.9 Å². The standard InChI is InChI=1S/C23H25NO4S/c1-3-4-13-28-20-15-16(9-11-19(20)27-2)14-17(10-12-22(25)26)23-24-18-7-5-6-8-21(18)29-23/h5-9,11,14-15H,3-4,10,12-13H2,1-2H3,(H,25,26)/b17-14+. The smallest absolute Gasteiger partial charge is 0.303 e. The van der Waals surface area contributed by atoms with E-state index in [9.17, 15) is 4.79 Å². The Morgan fingerprint density at radius 3 is 2.72 bits per heavy atom. The van der Waals surface area contributed by atoms with Crippen LogP contribution in [0.4, 0.5) is 0 Å². The van der Waals surface area contributed by atoms with E-state index in [4.69, 9.17) is 19.6 Å². The number of carboxylic acid groups (broad SMARTS) is 1. The number of allylic oxidation sites excluding steroid dienone is 1. The van der Waals surface area contributed by atoms with Gasteiger partial charge in [-0.2, -0.15) is 0 Å². The number of aliphatic carboxylic acids is 1. The summed E-state index contributed by atoms with van der Waals surface area (Å²) in [5, 5.41) is 10.0. The molecule has 0 bridgehead atoms. The van der Waals surface area contributed by atoms with Gasteiger partial charge in [0.05, 0.1) is 23.9 Å². The van der Waals surface area contributed by atoms with E-state index in [2.05, 4.69) is 6.92 Å². The van der Waals surface area contributed by atoms with Crippen LogP contribution in [0.15, 0.2) is 42.5 Å². The number of nitrogens with zero attached hydrogens (tertiary/aromatic N) is 1. The summed E-state index contributed by atoms with van der Waals surface area (Å²) in [7, 11) is 1.62. The molecule has 0 amide bonds. The Morgan fingerprint density at radius 1 is 1.17 bits per heavy atom. The molecule has 5 nitrogen and oxygen atoms in total. The van der Waals surface area contributed by atoms with E-state index in [-0.39, 0.29) is 6.42 Å². The first-order valence-electron chi connectivity index (χ1n) is 9.70. The summed E-state index contributed by atoms with van der Waals surface area (Å²) in [6.45, 7) is 2.75. The average molecular weight is 412 g/mol. The van der Waals surface area contributed by atoms with Crippen molar-refractivity contribution in [3.63, 3.8) is 0 Å². The van der Waals surface area contributed by atoms with Crippen molar-refractivity contribution in [1.29, 1.82) is 0 Å². The molecule has 1 heterocycles. The van der Waals surface area contributed by atoms with Gasteiger partial charge in [0.1, 0.15) is 5.01 Å². The van der Waals surface area contributed by atoms with Crippen LogP contribution in [0.3, 0.4) is 0 Å². The Hall–Kier alpha value is -2.86. The molecule has 3 rings (SSSR count). The maximum atomic E-state index is 11.2. The molecule has 0 aliphatic carbocycles. The number of thiazole rings is 1. The molecule has 0 saturated heterocycles. The highest BCUT2D eigenvalue weighted by Crippen LogP contribution is 2.33. The van der Waals surface area contributed by atoms with E-state index in [0.29, 0.717) is 24.5 Å².